The average molecular weight is 481 g/mol. The number of halogens is 2. The van der Waals surface area contributed by atoms with Crippen molar-refractivity contribution in [3.63, 3.8) is 0 Å². The number of carbonyl (C=O) groups excluding carboxylic acids is 2. The van der Waals surface area contributed by atoms with Gasteiger partial charge >= 0.3 is 5.97 Å². The van der Waals surface area contributed by atoms with E-state index in [9.17, 15) is 9.59 Å². The maximum Gasteiger partial charge on any atom is 0.342 e. The van der Waals surface area contributed by atoms with Gasteiger partial charge in [-0.05, 0) is 35.9 Å². The third-order valence-electron chi connectivity index (χ3n) is 4.64. The summed E-state index contributed by atoms with van der Waals surface area (Å²) in [6.07, 6.45) is 4.85. The van der Waals surface area contributed by atoms with Crippen LogP contribution < -0.4 is 5.32 Å². The molecular formula is C24H18Cl2N4O3. The van der Waals surface area contributed by atoms with E-state index < -0.39 is 18.5 Å². The fourth-order valence-electron chi connectivity index (χ4n) is 3.12. The number of hydrogen-bond donors (Lipinski definition) is 1. The van der Waals surface area contributed by atoms with E-state index in [1.165, 1.54) is 6.07 Å². The van der Waals surface area contributed by atoms with Gasteiger partial charge in [-0.15, -0.1) is 0 Å². The number of aromatic nitrogens is 3. The molecule has 0 aliphatic carbocycles. The van der Waals surface area contributed by atoms with Gasteiger partial charge in [0.15, 0.2) is 6.61 Å². The lowest BCUT2D eigenvalue weighted by atomic mass is 10.1. The van der Waals surface area contributed by atoms with E-state index in [4.69, 9.17) is 27.9 Å². The molecule has 4 rings (SSSR count). The van der Waals surface area contributed by atoms with E-state index in [1.54, 1.807) is 47.5 Å². The highest BCUT2D eigenvalue weighted by atomic mass is 35.5. The second-order valence-corrected chi connectivity index (χ2v) is 7.88. The molecule has 9 heteroatoms. The molecule has 0 spiro atoms. The van der Waals surface area contributed by atoms with Crippen LogP contribution in [0.15, 0.2) is 79.3 Å². The van der Waals surface area contributed by atoms with Gasteiger partial charge in [-0.25, -0.2) is 4.79 Å². The van der Waals surface area contributed by atoms with Crippen molar-refractivity contribution in [2.24, 2.45) is 0 Å². The lowest BCUT2D eigenvalue weighted by molar-refractivity contribution is -0.119. The summed E-state index contributed by atoms with van der Waals surface area (Å²) in [6.45, 7) is -0.00534. The normalized spacial score (nSPS) is 10.6. The molecule has 2 aromatic heterocycles. The average Bonchev–Trinajstić information content (AvgIpc) is 3.25. The zero-order chi connectivity index (χ0) is 23.2. The molecule has 0 fully saturated rings. The molecule has 33 heavy (non-hydrogen) atoms. The van der Waals surface area contributed by atoms with Gasteiger partial charge in [-0.2, -0.15) is 5.10 Å². The van der Waals surface area contributed by atoms with E-state index in [1.807, 2.05) is 30.3 Å². The third-order valence-corrected chi connectivity index (χ3v) is 5.38. The van der Waals surface area contributed by atoms with Crippen LogP contribution in [0.5, 0.6) is 0 Å². The van der Waals surface area contributed by atoms with E-state index >= 15 is 0 Å². The molecule has 0 atom stereocenters. The molecular weight excluding hydrogens is 463 g/mol. The molecule has 4 aromatic rings. The Morgan fingerprint density at radius 3 is 2.55 bits per heavy atom. The molecule has 0 unspecified atom stereocenters. The minimum absolute atomic E-state index is 0.237. The van der Waals surface area contributed by atoms with Crippen molar-refractivity contribution < 1.29 is 14.3 Å². The van der Waals surface area contributed by atoms with Crippen molar-refractivity contribution >= 4 is 40.8 Å². The van der Waals surface area contributed by atoms with Crippen molar-refractivity contribution in [3.05, 3.63) is 100 Å². The van der Waals surface area contributed by atoms with Gasteiger partial charge in [-0.3, -0.25) is 14.5 Å². The first kappa shape index (κ1) is 22.5. The zero-order valence-corrected chi connectivity index (χ0v) is 18.8. The molecule has 0 radical (unpaired) electrons. The van der Waals surface area contributed by atoms with Crippen LogP contribution in [0.25, 0.3) is 11.3 Å². The molecule has 1 amide bonds. The summed E-state index contributed by atoms with van der Waals surface area (Å²) >= 11 is 11.8. The molecule has 2 heterocycles. The number of amides is 1. The van der Waals surface area contributed by atoms with Crippen molar-refractivity contribution in [1.29, 1.82) is 0 Å². The topological polar surface area (TPSA) is 86.1 Å². The molecule has 7 nitrogen and oxygen atoms in total. The number of esters is 1. The van der Waals surface area contributed by atoms with Gasteiger partial charge in [0.05, 0.1) is 16.6 Å². The van der Waals surface area contributed by atoms with E-state index in [-0.39, 0.29) is 5.56 Å². The van der Waals surface area contributed by atoms with E-state index in [2.05, 4.69) is 15.4 Å². The number of carbonyl (C=O) groups is 2. The Kier molecular flexibility index (Phi) is 7.02. The Labute approximate surface area is 199 Å². The molecule has 0 bridgehead atoms. The molecule has 166 valence electrons. The Hall–Kier alpha value is -3.68. The smallest absolute Gasteiger partial charge is 0.342 e. The monoisotopic (exact) mass is 480 g/mol. The molecule has 1 N–H and O–H groups in total. The van der Waals surface area contributed by atoms with Gasteiger partial charge in [0.1, 0.15) is 11.3 Å². The number of anilines is 1. The standard InChI is InChI=1S/C24H18Cl2N4O3/c25-20-9-8-18(11-21(20)26)28-22(31)15-33-24(32)19-14-30(13-16-5-2-1-3-6-16)29-23(19)17-7-4-10-27-12-17/h1-12,14H,13,15H2,(H,28,31). The highest BCUT2D eigenvalue weighted by Gasteiger charge is 2.20. The third kappa shape index (κ3) is 5.77. The fourth-order valence-corrected chi connectivity index (χ4v) is 3.42. The Morgan fingerprint density at radius 2 is 1.82 bits per heavy atom. The van der Waals surface area contributed by atoms with Crippen molar-refractivity contribution in [2.45, 2.75) is 6.54 Å². The summed E-state index contributed by atoms with van der Waals surface area (Å²) in [5, 5.41) is 7.84. The summed E-state index contributed by atoms with van der Waals surface area (Å²) in [5.41, 5.74) is 2.79. The molecule has 0 aliphatic heterocycles. The van der Waals surface area contributed by atoms with Crippen LogP contribution in [0.1, 0.15) is 15.9 Å². The maximum absolute atomic E-state index is 12.8. The Bertz CT molecular complexity index is 1280. The number of rotatable bonds is 7. The van der Waals surface area contributed by atoms with Crippen LogP contribution in [0, 0.1) is 0 Å². The number of nitrogens with zero attached hydrogens (tertiary/aromatic N) is 3. The second kappa shape index (κ2) is 10.3. The largest absolute Gasteiger partial charge is 0.452 e. The molecule has 0 saturated carbocycles. The van der Waals surface area contributed by atoms with Gasteiger partial charge in [0.25, 0.3) is 5.91 Å². The molecule has 0 aliphatic rings. The first-order chi connectivity index (χ1) is 16.0. The summed E-state index contributed by atoms with van der Waals surface area (Å²) in [5.74, 6) is -1.18. The summed E-state index contributed by atoms with van der Waals surface area (Å²) in [4.78, 5) is 29.2. The van der Waals surface area contributed by atoms with E-state index in [0.717, 1.165) is 5.56 Å². The van der Waals surface area contributed by atoms with Crippen LogP contribution in [-0.2, 0) is 16.1 Å². The van der Waals surface area contributed by atoms with Crippen molar-refractivity contribution in [2.75, 3.05) is 11.9 Å². The van der Waals surface area contributed by atoms with Gasteiger partial charge in [-0.1, -0.05) is 53.5 Å². The summed E-state index contributed by atoms with van der Waals surface area (Å²) in [6, 6.07) is 18.0. The number of hydrogen-bond acceptors (Lipinski definition) is 5. The van der Waals surface area contributed by atoms with Crippen molar-refractivity contribution in [1.82, 2.24) is 14.8 Å². The van der Waals surface area contributed by atoms with Crippen LogP contribution in [0.4, 0.5) is 5.69 Å². The first-order valence-corrected chi connectivity index (χ1v) is 10.7. The highest BCUT2D eigenvalue weighted by molar-refractivity contribution is 6.42. The lowest BCUT2D eigenvalue weighted by Gasteiger charge is -2.07. The first-order valence-electron chi connectivity index (χ1n) is 9.93. The predicted molar refractivity (Wildman–Crippen MR) is 126 cm³/mol. The maximum atomic E-state index is 12.8. The predicted octanol–water partition coefficient (Wildman–Crippen LogP) is 5.10. The summed E-state index contributed by atoms with van der Waals surface area (Å²) < 4.78 is 6.91. The van der Waals surface area contributed by atoms with Gasteiger partial charge in [0, 0.05) is 29.8 Å². The Morgan fingerprint density at radius 1 is 1.00 bits per heavy atom. The summed E-state index contributed by atoms with van der Waals surface area (Å²) in [7, 11) is 0. The Balaban J connectivity index is 1.49. The number of ether oxygens (including phenoxy) is 1. The molecule has 2 aromatic carbocycles. The van der Waals surface area contributed by atoms with Crippen molar-refractivity contribution in [3.8, 4) is 11.3 Å². The number of pyridine rings is 1. The number of benzene rings is 2. The fraction of sp³-hybridized carbons (Fsp3) is 0.0833. The van der Waals surface area contributed by atoms with Crippen LogP contribution in [-0.4, -0.2) is 33.2 Å². The minimum Gasteiger partial charge on any atom is -0.452 e. The van der Waals surface area contributed by atoms with Gasteiger partial charge in [0.2, 0.25) is 0 Å². The molecule has 0 saturated heterocycles. The lowest BCUT2D eigenvalue weighted by Crippen LogP contribution is -2.21. The van der Waals surface area contributed by atoms with Crippen LogP contribution in [0.2, 0.25) is 10.0 Å². The van der Waals surface area contributed by atoms with Crippen LogP contribution >= 0.6 is 23.2 Å². The van der Waals surface area contributed by atoms with E-state index in [0.29, 0.717) is 33.5 Å². The van der Waals surface area contributed by atoms with Crippen LogP contribution in [0.3, 0.4) is 0 Å². The number of nitrogens with one attached hydrogen (secondary N) is 1. The highest BCUT2D eigenvalue weighted by Crippen LogP contribution is 2.25. The quantitative estimate of drug-likeness (QED) is 0.372. The zero-order valence-electron chi connectivity index (χ0n) is 17.2. The van der Waals surface area contributed by atoms with Gasteiger partial charge < -0.3 is 10.1 Å². The second-order valence-electron chi connectivity index (χ2n) is 7.07. The minimum atomic E-state index is -0.669. The SMILES string of the molecule is O=C(COC(=O)c1cn(Cc2ccccc2)nc1-c1cccnc1)Nc1ccc(Cl)c(Cl)c1.